The van der Waals surface area contributed by atoms with E-state index in [0.29, 0.717) is 0 Å². The Kier molecular flexibility index (Phi) is 4.40. The van der Waals surface area contributed by atoms with Crippen LogP contribution in [0.1, 0.15) is 0 Å². The molecule has 0 saturated heterocycles. The molecule has 0 fully saturated rings. The van der Waals surface area contributed by atoms with Crippen molar-refractivity contribution in [2.24, 2.45) is 0 Å². The molecule has 1 heterocycles. The van der Waals surface area contributed by atoms with Gasteiger partial charge in [0.2, 0.25) is 0 Å². The molecule has 0 atom stereocenters. The lowest BCUT2D eigenvalue weighted by molar-refractivity contribution is 1.48. The van der Waals surface area contributed by atoms with Gasteiger partial charge in [-0.1, -0.05) is 11.6 Å². The molecule has 0 amide bonds. The van der Waals surface area contributed by atoms with Crippen LogP contribution >= 0.6 is 36.4 Å². The largest absolute Gasteiger partial charge is 0.397 e. The Morgan fingerprint density at radius 3 is 2.62 bits per heavy atom. The number of halogens is 3. The Bertz CT molecular complexity index is 397. The van der Waals surface area contributed by atoms with Crippen LogP contribution in [0.15, 0.2) is 24.4 Å². The van der Waals surface area contributed by atoms with Gasteiger partial charge in [0.05, 0.1) is 5.69 Å². The van der Waals surface area contributed by atoms with Gasteiger partial charge < -0.3 is 10.7 Å². The van der Waals surface area contributed by atoms with Crippen molar-refractivity contribution < 1.29 is 0 Å². The van der Waals surface area contributed by atoms with E-state index in [0.717, 1.165) is 21.6 Å². The van der Waals surface area contributed by atoms with E-state index in [1.165, 1.54) is 0 Å². The number of rotatable bonds is 0. The van der Waals surface area contributed by atoms with E-state index in [-0.39, 0.29) is 24.8 Å². The number of nitrogens with two attached hydrogens (primary N) is 1. The molecule has 0 saturated carbocycles. The smallest absolute Gasteiger partial charge is 0.0571 e. The summed E-state index contributed by atoms with van der Waals surface area (Å²) >= 11 is 5.77. The number of nitrogens with one attached hydrogen (secondary N) is 1. The summed E-state index contributed by atoms with van der Waals surface area (Å²) in [6.07, 6.45) is 1.76. The van der Waals surface area contributed by atoms with Crippen LogP contribution in [0, 0.1) is 0 Å². The van der Waals surface area contributed by atoms with Crippen molar-refractivity contribution in [2.75, 3.05) is 5.73 Å². The van der Waals surface area contributed by atoms with E-state index in [1.807, 2.05) is 18.2 Å². The minimum Gasteiger partial charge on any atom is -0.397 e. The first-order valence-electron chi connectivity index (χ1n) is 3.29. The second-order valence-electron chi connectivity index (χ2n) is 2.43. The highest BCUT2D eigenvalue weighted by atomic mass is 35.5. The van der Waals surface area contributed by atoms with Gasteiger partial charge in [-0.3, -0.25) is 0 Å². The lowest BCUT2D eigenvalue weighted by Crippen LogP contribution is -1.78. The van der Waals surface area contributed by atoms with Crippen LogP contribution in [0.3, 0.4) is 0 Å². The van der Waals surface area contributed by atoms with Crippen LogP contribution in [0.5, 0.6) is 0 Å². The predicted octanol–water partition coefficient (Wildman–Crippen LogP) is 3.25. The van der Waals surface area contributed by atoms with Gasteiger partial charge in [-0.25, -0.2) is 0 Å². The molecule has 0 aliphatic carbocycles. The second-order valence-corrected chi connectivity index (χ2v) is 2.87. The first kappa shape index (κ1) is 12.4. The van der Waals surface area contributed by atoms with Gasteiger partial charge in [0, 0.05) is 22.1 Å². The van der Waals surface area contributed by atoms with Gasteiger partial charge in [0.25, 0.3) is 0 Å². The first-order chi connectivity index (χ1) is 5.27. The van der Waals surface area contributed by atoms with Gasteiger partial charge in [0.15, 0.2) is 0 Å². The molecule has 2 aromatic rings. The Labute approximate surface area is 93.3 Å². The fraction of sp³-hybridized carbons (Fsp3) is 0. The third-order valence-corrected chi connectivity index (χ3v) is 1.91. The molecule has 72 valence electrons. The Morgan fingerprint density at radius 1 is 1.23 bits per heavy atom. The predicted molar refractivity (Wildman–Crippen MR) is 62.2 cm³/mol. The van der Waals surface area contributed by atoms with Crippen LogP contribution in [-0.4, -0.2) is 4.98 Å². The molecule has 13 heavy (non-hydrogen) atoms. The Morgan fingerprint density at radius 2 is 1.92 bits per heavy atom. The van der Waals surface area contributed by atoms with Crippen molar-refractivity contribution in [3.05, 3.63) is 29.4 Å². The normalized spacial score (nSPS) is 9.00. The number of hydrogen-bond acceptors (Lipinski definition) is 1. The van der Waals surface area contributed by atoms with Crippen molar-refractivity contribution in [3.63, 3.8) is 0 Å². The van der Waals surface area contributed by atoms with Gasteiger partial charge in [-0.2, -0.15) is 0 Å². The summed E-state index contributed by atoms with van der Waals surface area (Å²) in [5, 5.41) is 1.74. The monoisotopic (exact) mass is 238 g/mol. The molecule has 0 bridgehead atoms. The molecule has 0 radical (unpaired) electrons. The molecule has 2 nitrogen and oxygen atoms in total. The van der Waals surface area contributed by atoms with Gasteiger partial charge >= 0.3 is 0 Å². The topological polar surface area (TPSA) is 41.8 Å². The molecule has 3 N–H and O–H groups in total. The van der Waals surface area contributed by atoms with E-state index in [1.54, 1.807) is 6.20 Å². The maximum atomic E-state index is 5.77. The fourth-order valence-electron chi connectivity index (χ4n) is 1.12. The summed E-state index contributed by atoms with van der Waals surface area (Å²) in [6, 6.07) is 5.59. The molecule has 2 rings (SSSR count). The van der Waals surface area contributed by atoms with Crippen molar-refractivity contribution >= 4 is 53.0 Å². The van der Waals surface area contributed by atoms with Crippen LogP contribution < -0.4 is 5.73 Å². The molecule has 0 spiro atoms. The Balaban J connectivity index is 0.000000720. The summed E-state index contributed by atoms with van der Waals surface area (Å²) in [5.41, 5.74) is 7.39. The lowest BCUT2D eigenvalue weighted by Gasteiger charge is -1.91. The third kappa shape index (κ3) is 2.21. The zero-order chi connectivity index (χ0) is 7.84. The van der Waals surface area contributed by atoms with Crippen LogP contribution in [0.25, 0.3) is 10.9 Å². The van der Waals surface area contributed by atoms with Crippen LogP contribution in [0.4, 0.5) is 5.69 Å². The average Bonchev–Trinajstić information content (AvgIpc) is 2.32. The van der Waals surface area contributed by atoms with E-state index in [2.05, 4.69) is 4.98 Å². The maximum Gasteiger partial charge on any atom is 0.0571 e. The van der Waals surface area contributed by atoms with Crippen molar-refractivity contribution in [1.29, 1.82) is 0 Å². The molecule has 1 aromatic heterocycles. The summed E-state index contributed by atoms with van der Waals surface area (Å²) in [6.45, 7) is 0. The summed E-state index contributed by atoms with van der Waals surface area (Å²) in [5.74, 6) is 0. The Hall–Kier alpha value is -0.570. The van der Waals surface area contributed by atoms with Gasteiger partial charge in [0.1, 0.15) is 0 Å². The SMILES string of the molecule is Cl.Cl.Nc1c[nH]c2cc(Cl)ccc12. The van der Waals surface area contributed by atoms with E-state index in [4.69, 9.17) is 17.3 Å². The molecular weight excluding hydrogens is 230 g/mol. The highest BCUT2D eigenvalue weighted by Crippen LogP contribution is 2.22. The number of H-pyrrole nitrogens is 1. The summed E-state index contributed by atoms with van der Waals surface area (Å²) in [7, 11) is 0. The van der Waals surface area contributed by atoms with Crippen molar-refractivity contribution in [1.82, 2.24) is 4.98 Å². The zero-order valence-corrected chi connectivity index (χ0v) is 8.97. The number of nitrogen functional groups attached to an aromatic ring is 1. The quantitative estimate of drug-likeness (QED) is 0.728. The molecule has 1 aromatic carbocycles. The number of hydrogen-bond donors (Lipinski definition) is 2. The summed E-state index contributed by atoms with van der Waals surface area (Å²) < 4.78 is 0. The highest BCUT2D eigenvalue weighted by Gasteiger charge is 1.98. The standard InChI is InChI=1S/C8H7ClN2.2ClH/c9-5-1-2-6-7(10)4-11-8(6)3-5;;/h1-4,11H,10H2;2*1H. The van der Waals surface area contributed by atoms with Gasteiger partial charge in [-0.05, 0) is 18.2 Å². The number of fused-ring (bicyclic) bond motifs is 1. The molecule has 5 heteroatoms. The van der Waals surface area contributed by atoms with Crippen molar-refractivity contribution in [2.45, 2.75) is 0 Å². The average molecular weight is 240 g/mol. The van der Waals surface area contributed by atoms with E-state index in [9.17, 15) is 0 Å². The number of aromatic nitrogens is 1. The molecule has 0 aliphatic heterocycles. The molecule has 0 aliphatic rings. The minimum atomic E-state index is 0. The maximum absolute atomic E-state index is 5.77. The number of aromatic amines is 1. The fourth-order valence-corrected chi connectivity index (χ4v) is 1.29. The zero-order valence-electron chi connectivity index (χ0n) is 6.58. The van der Waals surface area contributed by atoms with Gasteiger partial charge in [-0.15, -0.1) is 24.8 Å². The number of anilines is 1. The highest BCUT2D eigenvalue weighted by molar-refractivity contribution is 6.31. The second kappa shape index (κ2) is 4.61. The van der Waals surface area contributed by atoms with Crippen LogP contribution in [-0.2, 0) is 0 Å². The molecule has 0 unspecified atom stereocenters. The van der Waals surface area contributed by atoms with Crippen LogP contribution in [0.2, 0.25) is 5.02 Å². The van der Waals surface area contributed by atoms with Crippen molar-refractivity contribution in [3.8, 4) is 0 Å². The minimum absolute atomic E-state index is 0. The third-order valence-electron chi connectivity index (χ3n) is 1.68. The van der Waals surface area contributed by atoms with E-state index >= 15 is 0 Å². The molecular formula is C8H9Cl3N2. The first-order valence-corrected chi connectivity index (χ1v) is 3.67. The van der Waals surface area contributed by atoms with E-state index < -0.39 is 0 Å². The lowest BCUT2D eigenvalue weighted by atomic mass is 10.2. The summed E-state index contributed by atoms with van der Waals surface area (Å²) in [4.78, 5) is 3.02. The number of benzene rings is 1.